The first-order valence-electron chi connectivity index (χ1n) is 9.77. The fraction of sp³-hybridized carbons (Fsp3) is 0.550. The van der Waals surface area contributed by atoms with Crippen molar-refractivity contribution in [3.05, 3.63) is 47.0 Å². The number of alkyl halides is 3. The van der Waals surface area contributed by atoms with Crippen molar-refractivity contribution in [1.82, 2.24) is 25.0 Å². The van der Waals surface area contributed by atoms with Crippen molar-refractivity contribution in [2.75, 3.05) is 7.05 Å². The second kappa shape index (κ2) is 8.84. The summed E-state index contributed by atoms with van der Waals surface area (Å²) in [6.45, 7) is 2.72. The second-order valence-corrected chi connectivity index (χ2v) is 7.54. The highest BCUT2D eigenvalue weighted by atomic mass is 19.4. The molecule has 0 amide bonds. The molecule has 29 heavy (non-hydrogen) atoms. The van der Waals surface area contributed by atoms with Crippen molar-refractivity contribution in [1.29, 1.82) is 0 Å². The van der Waals surface area contributed by atoms with E-state index in [0.29, 0.717) is 19.1 Å². The Kier molecular flexibility index (Phi) is 6.44. The first kappa shape index (κ1) is 21.1. The van der Waals surface area contributed by atoms with E-state index >= 15 is 0 Å². The van der Waals surface area contributed by atoms with Crippen LogP contribution in [0.4, 0.5) is 13.2 Å². The summed E-state index contributed by atoms with van der Waals surface area (Å²) in [6, 6.07) is 5.63. The number of nitrogens with zero attached hydrogens (tertiary/aromatic N) is 5. The zero-order chi connectivity index (χ0) is 21.0. The van der Waals surface area contributed by atoms with Gasteiger partial charge in [-0.3, -0.25) is 0 Å². The number of hydrogen-bond acceptors (Lipinski definition) is 3. The molecular weight excluding hydrogens is 381 g/mol. The van der Waals surface area contributed by atoms with Gasteiger partial charge in [0.15, 0.2) is 11.8 Å². The van der Waals surface area contributed by atoms with Crippen molar-refractivity contribution >= 4 is 5.96 Å². The van der Waals surface area contributed by atoms with Crippen molar-refractivity contribution in [2.45, 2.75) is 57.9 Å². The van der Waals surface area contributed by atoms with E-state index in [1.807, 2.05) is 30.5 Å². The summed E-state index contributed by atoms with van der Waals surface area (Å²) < 4.78 is 40.2. The van der Waals surface area contributed by atoms with Crippen molar-refractivity contribution in [3.8, 4) is 0 Å². The predicted octanol–water partition coefficient (Wildman–Crippen LogP) is 3.66. The Labute approximate surface area is 168 Å². The molecule has 1 aliphatic rings. The number of rotatable bonds is 5. The average Bonchev–Trinajstić information content (AvgIpc) is 3.29. The Bertz CT molecular complexity index is 835. The molecule has 0 atom stereocenters. The summed E-state index contributed by atoms with van der Waals surface area (Å²) in [5.74, 6) is 2.30. The van der Waals surface area contributed by atoms with Gasteiger partial charge < -0.3 is 14.8 Å². The molecule has 0 aliphatic heterocycles. The molecule has 0 unspecified atom stereocenters. The zero-order valence-electron chi connectivity index (χ0n) is 17.0. The standard InChI is InChI=1S/C20H27F3N6/c1-14-26-27-18(29(14)3)12-24-19(25-17-6-4-5-7-17)28(2)13-15-8-10-16(11-9-15)20(21,22)23/h8-11,17H,4-7,12-13H2,1-3H3,(H,24,25). The van der Waals surface area contributed by atoms with Gasteiger partial charge in [0.25, 0.3) is 0 Å². The van der Waals surface area contributed by atoms with E-state index in [4.69, 9.17) is 4.99 Å². The van der Waals surface area contributed by atoms with E-state index in [1.54, 1.807) is 0 Å². The van der Waals surface area contributed by atoms with Crippen molar-refractivity contribution in [2.24, 2.45) is 12.0 Å². The molecule has 2 aromatic rings. The molecule has 3 rings (SSSR count). The molecule has 9 heteroatoms. The number of benzene rings is 1. The van der Waals surface area contributed by atoms with Crippen LogP contribution in [0.1, 0.15) is 48.5 Å². The molecule has 1 aromatic carbocycles. The van der Waals surface area contributed by atoms with Gasteiger partial charge >= 0.3 is 6.18 Å². The SMILES string of the molecule is Cc1nnc(CN=C(NC2CCCC2)N(C)Cc2ccc(C(F)(F)F)cc2)n1C. The molecule has 1 aliphatic carbocycles. The third-order valence-corrected chi connectivity index (χ3v) is 5.30. The van der Waals surface area contributed by atoms with Crippen LogP contribution in [0.15, 0.2) is 29.3 Å². The monoisotopic (exact) mass is 408 g/mol. The van der Waals surface area contributed by atoms with Gasteiger partial charge in [0, 0.05) is 26.7 Å². The van der Waals surface area contributed by atoms with Crippen LogP contribution in [0.25, 0.3) is 0 Å². The molecule has 0 radical (unpaired) electrons. The van der Waals surface area contributed by atoms with Crippen LogP contribution in [0.2, 0.25) is 0 Å². The molecule has 1 aromatic heterocycles. The average molecular weight is 408 g/mol. The summed E-state index contributed by atoms with van der Waals surface area (Å²) in [7, 11) is 3.79. The smallest absolute Gasteiger partial charge is 0.353 e. The van der Waals surface area contributed by atoms with E-state index in [1.165, 1.54) is 25.0 Å². The Morgan fingerprint density at radius 3 is 2.41 bits per heavy atom. The number of aromatic nitrogens is 3. The van der Waals surface area contributed by atoms with E-state index in [2.05, 4.69) is 15.5 Å². The van der Waals surface area contributed by atoms with Crippen LogP contribution >= 0.6 is 0 Å². The maximum atomic E-state index is 12.8. The summed E-state index contributed by atoms with van der Waals surface area (Å²) in [4.78, 5) is 6.65. The lowest BCUT2D eigenvalue weighted by Crippen LogP contribution is -2.43. The maximum Gasteiger partial charge on any atom is 0.416 e. The minimum absolute atomic E-state index is 0.366. The fourth-order valence-corrected chi connectivity index (χ4v) is 3.41. The van der Waals surface area contributed by atoms with Crippen molar-refractivity contribution < 1.29 is 13.2 Å². The van der Waals surface area contributed by atoms with Gasteiger partial charge in [-0.2, -0.15) is 13.2 Å². The van der Waals surface area contributed by atoms with Gasteiger partial charge in [0.05, 0.1) is 5.56 Å². The Balaban J connectivity index is 1.73. The van der Waals surface area contributed by atoms with E-state index in [-0.39, 0.29) is 0 Å². The minimum atomic E-state index is -4.32. The highest BCUT2D eigenvalue weighted by molar-refractivity contribution is 5.80. The number of nitrogens with one attached hydrogen (secondary N) is 1. The topological polar surface area (TPSA) is 58.3 Å². The molecule has 1 saturated carbocycles. The number of halogens is 3. The molecule has 0 bridgehead atoms. The molecule has 1 heterocycles. The molecule has 0 spiro atoms. The third kappa shape index (κ3) is 5.48. The van der Waals surface area contributed by atoms with Crippen molar-refractivity contribution in [3.63, 3.8) is 0 Å². The van der Waals surface area contributed by atoms with Crippen LogP contribution < -0.4 is 5.32 Å². The third-order valence-electron chi connectivity index (χ3n) is 5.30. The quantitative estimate of drug-likeness (QED) is 0.606. The molecule has 0 saturated heterocycles. The normalized spacial score (nSPS) is 15.7. The first-order valence-corrected chi connectivity index (χ1v) is 9.77. The summed E-state index contributed by atoms with van der Waals surface area (Å²) in [5.41, 5.74) is 0.149. The van der Waals surface area contributed by atoms with Crippen LogP contribution in [0.3, 0.4) is 0 Å². The maximum absolute atomic E-state index is 12.8. The molecule has 158 valence electrons. The van der Waals surface area contributed by atoms with Gasteiger partial charge in [-0.25, -0.2) is 4.99 Å². The lowest BCUT2D eigenvalue weighted by molar-refractivity contribution is -0.137. The van der Waals surface area contributed by atoms with Crippen LogP contribution in [0, 0.1) is 6.92 Å². The number of guanidine groups is 1. The second-order valence-electron chi connectivity index (χ2n) is 7.54. The number of aryl methyl sites for hydroxylation is 1. The highest BCUT2D eigenvalue weighted by Gasteiger charge is 2.30. The van der Waals surface area contributed by atoms with E-state index < -0.39 is 11.7 Å². The predicted molar refractivity (Wildman–Crippen MR) is 105 cm³/mol. The van der Waals surface area contributed by atoms with Crippen LogP contribution in [0.5, 0.6) is 0 Å². The Morgan fingerprint density at radius 2 is 1.86 bits per heavy atom. The molecule has 1 fully saturated rings. The molecule has 1 N–H and O–H groups in total. The largest absolute Gasteiger partial charge is 0.416 e. The minimum Gasteiger partial charge on any atom is -0.353 e. The lowest BCUT2D eigenvalue weighted by Gasteiger charge is -2.25. The van der Waals surface area contributed by atoms with Gasteiger partial charge in [0.2, 0.25) is 0 Å². The Morgan fingerprint density at radius 1 is 1.21 bits per heavy atom. The fourth-order valence-electron chi connectivity index (χ4n) is 3.41. The van der Waals surface area contributed by atoms with E-state index in [9.17, 15) is 13.2 Å². The number of hydrogen-bond donors (Lipinski definition) is 1. The number of aliphatic imine (C=N–C) groups is 1. The first-order chi connectivity index (χ1) is 13.7. The zero-order valence-corrected chi connectivity index (χ0v) is 17.0. The van der Waals surface area contributed by atoms with Gasteiger partial charge in [-0.15, -0.1) is 10.2 Å². The van der Waals surface area contributed by atoms with E-state index in [0.717, 1.165) is 48.1 Å². The Hall–Kier alpha value is -2.58. The summed E-state index contributed by atoms with van der Waals surface area (Å²) in [6.07, 6.45) is 0.244. The van der Waals surface area contributed by atoms with Crippen LogP contribution in [-0.4, -0.2) is 38.7 Å². The van der Waals surface area contributed by atoms with Gasteiger partial charge in [0.1, 0.15) is 12.4 Å². The lowest BCUT2D eigenvalue weighted by atomic mass is 10.1. The summed E-state index contributed by atoms with van der Waals surface area (Å²) >= 11 is 0. The van der Waals surface area contributed by atoms with Crippen LogP contribution in [-0.2, 0) is 26.3 Å². The summed E-state index contributed by atoms with van der Waals surface area (Å²) in [5, 5.41) is 11.7. The van der Waals surface area contributed by atoms with Gasteiger partial charge in [-0.05, 0) is 37.5 Å². The molecular formula is C20H27F3N6. The highest BCUT2D eigenvalue weighted by Crippen LogP contribution is 2.29. The van der Waals surface area contributed by atoms with Gasteiger partial charge in [-0.1, -0.05) is 25.0 Å². The molecule has 6 nitrogen and oxygen atoms in total.